The van der Waals surface area contributed by atoms with Gasteiger partial charge in [-0.15, -0.1) is 0 Å². The number of fused-ring (bicyclic) bond motifs is 1. The number of carbonyl (C=O) groups excluding carboxylic acids is 1. The summed E-state index contributed by atoms with van der Waals surface area (Å²) in [6, 6.07) is 2.16. The average molecular weight is 390 g/mol. The Labute approximate surface area is 163 Å². The third-order valence-corrected chi connectivity index (χ3v) is 5.65. The van der Waals surface area contributed by atoms with Gasteiger partial charge in [-0.25, -0.2) is 0 Å². The van der Waals surface area contributed by atoms with E-state index in [-0.39, 0.29) is 24.2 Å². The van der Waals surface area contributed by atoms with Gasteiger partial charge in [0, 0.05) is 43.5 Å². The largest absolute Gasteiger partial charge is 0.381 e. The van der Waals surface area contributed by atoms with Crippen molar-refractivity contribution in [3.8, 4) is 0 Å². The molecule has 1 amide bonds. The van der Waals surface area contributed by atoms with Gasteiger partial charge in [-0.05, 0) is 32.8 Å². The van der Waals surface area contributed by atoms with Gasteiger partial charge < -0.3 is 15.0 Å². The number of ether oxygens (including phenoxy) is 1. The summed E-state index contributed by atoms with van der Waals surface area (Å²) < 4.78 is 5.81. The summed E-state index contributed by atoms with van der Waals surface area (Å²) in [4.78, 5) is 18.9. The molecule has 1 fully saturated rings. The number of anilines is 1. The zero-order chi connectivity index (χ0) is 19.0. The molecule has 2 aromatic heterocycles. The fraction of sp³-hybridized carbons (Fsp3) is 0.526. The van der Waals surface area contributed by atoms with Crippen LogP contribution in [0, 0.1) is 0 Å². The van der Waals surface area contributed by atoms with Crippen molar-refractivity contribution < 1.29 is 9.53 Å². The number of amides is 1. The zero-order valence-electron chi connectivity index (χ0n) is 15.5. The van der Waals surface area contributed by atoms with Gasteiger partial charge in [0.2, 0.25) is 0 Å². The van der Waals surface area contributed by atoms with E-state index in [1.807, 2.05) is 24.8 Å². The van der Waals surface area contributed by atoms with E-state index in [2.05, 4.69) is 20.5 Å². The first-order valence-corrected chi connectivity index (χ1v) is 9.78. The van der Waals surface area contributed by atoms with E-state index in [1.165, 1.54) is 0 Å². The summed E-state index contributed by atoms with van der Waals surface area (Å²) in [5, 5.41) is 11.4. The maximum absolute atomic E-state index is 13.0. The van der Waals surface area contributed by atoms with Crippen molar-refractivity contribution in [3.05, 3.63) is 40.4 Å². The van der Waals surface area contributed by atoms with Crippen LogP contribution >= 0.6 is 11.6 Å². The molecule has 2 atom stereocenters. The quantitative estimate of drug-likeness (QED) is 0.842. The number of H-pyrrole nitrogens is 1. The van der Waals surface area contributed by atoms with Crippen LogP contribution in [0.5, 0.6) is 0 Å². The molecule has 4 rings (SSSR count). The third-order valence-electron chi connectivity index (χ3n) is 5.35. The van der Waals surface area contributed by atoms with Gasteiger partial charge in [0.25, 0.3) is 5.91 Å². The molecule has 0 spiro atoms. The second-order valence-corrected chi connectivity index (χ2v) is 7.73. The molecule has 2 aliphatic rings. The van der Waals surface area contributed by atoms with E-state index < -0.39 is 0 Å². The number of nitrogens with one attached hydrogen (secondary N) is 2. The lowest BCUT2D eigenvalue weighted by molar-refractivity contribution is -0.00702. The van der Waals surface area contributed by atoms with Crippen LogP contribution in [0.25, 0.3) is 0 Å². The van der Waals surface area contributed by atoms with Crippen LogP contribution < -0.4 is 5.32 Å². The smallest absolute Gasteiger partial charge is 0.274 e. The second kappa shape index (κ2) is 7.48. The number of likely N-dealkylation sites (tertiary alicyclic amines) is 1. The van der Waals surface area contributed by atoms with Crippen molar-refractivity contribution >= 4 is 23.2 Å². The molecule has 0 unspecified atom stereocenters. The molecule has 144 valence electrons. The molecule has 0 bridgehead atoms. The number of hydrogen-bond acceptors (Lipinski definition) is 5. The Kier molecular flexibility index (Phi) is 5.06. The molecule has 27 heavy (non-hydrogen) atoms. The van der Waals surface area contributed by atoms with E-state index in [0.29, 0.717) is 23.8 Å². The van der Waals surface area contributed by atoms with Crippen molar-refractivity contribution in [2.24, 2.45) is 0 Å². The number of hydrogen-bond donors (Lipinski definition) is 2. The van der Waals surface area contributed by atoms with Gasteiger partial charge in [0.15, 0.2) is 5.69 Å². The third kappa shape index (κ3) is 3.66. The Bertz CT molecular complexity index is 831. The average Bonchev–Trinajstić information content (AvgIpc) is 3.08. The molecule has 4 heterocycles. The number of pyridine rings is 1. The standard InChI is InChI=1S/C19H24ClN5O2/c1-11-9-14-17(12(2)27-11)23-24-18(14)19(26)25-7-4-13(5-8-25)22-16-3-6-21-10-15(16)20/h3,6,10-13H,4-5,7-9H2,1-2H3,(H,21,22)(H,23,24)/t11-,12+/m1/s1. The van der Waals surface area contributed by atoms with Gasteiger partial charge in [-0.2, -0.15) is 5.10 Å². The molecular weight excluding hydrogens is 366 g/mol. The van der Waals surface area contributed by atoms with Gasteiger partial charge >= 0.3 is 0 Å². The number of nitrogens with zero attached hydrogens (tertiary/aromatic N) is 3. The molecule has 0 saturated carbocycles. The van der Waals surface area contributed by atoms with Crippen molar-refractivity contribution in [2.75, 3.05) is 18.4 Å². The molecule has 0 radical (unpaired) electrons. The Hall–Kier alpha value is -2.12. The van der Waals surface area contributed by atoms with Crippen LogP contribution in [0.1, 0.15) is 54.5 Å². The fourth-order valence-electron chi connectivity index (χ4n) is 3.94. The summed E-state index contributed by atoms with van der Waals surface area (Å²) >= 11 is 6.17. The monoisotopic (exact) mass is 389 g/mol. The van der Waals surface area contributed by atoms with E-state index in [4.69, 9.17) is 16.3 Å². The highest BCUT2D eigenvalue weighted by Gasteiger charge is 2.32. The maximum atomic E-state index is 13.0. The van der Waals surface area contributed by atoms with Crippen LogP contribution in [-0.4, -0.2) is 51.2 Å². The van der Waals surface area contributed by atoms with Crippen molar-refractivity contribution in [3.63, 3.8) is 0 Å². The summed E-state index contributed by atoms with van der Waals surface area (Å²) in [5.41, 5.74) is 3.38. The van der Waals surface area contributed by atoms with E-state index in [0.717, 1.165) is 36.2 Å². The first-order chi connectivity index (χ1) is 13.0. The predicted molar refractivity (Wildman–Crippen MR) is 103 cm³/mol. The molecule has 2 N–H and O–H groups in total. The van der Waals surface area contributed by atoms with Crippen LogP contribution in [0.15, 0.2) is 18.5 Å². The van der Waals surface area contributed by atoms with E-state index in [1.54, 1.807) is 12.4 Å². The minimum Gasteiger partial charge on any atom is -0.381 e. The highest BCUT2D eigenvalue weighted by Crippen LogP contribution is 2.31. The van der Waals surface area contributed by atoms with Crippen LogP contribution in [-0.2, 0) is 11.2 Å². The summed E-state index contributed by atoms with van der Waals surface area (Å²) in [5.74, 6) is 0.00851. The topological polar surface area (TPSA) is 83.1 Å². The predicted octanol–water partition coefficient (Wildman–Crippen LogP) is 3.20. The number of aromatic amines is 1. The Balaban J connectivity index is 1.40. The van der Waals surface area contributed by atoms with Gasteiger partial charge in [-0.3, -0.25) is 14.9 Å². The summed E-state index contributed by atoms with van der Waals surface area (Å²) in [6.45, 7) is 5.41. The van der Waals surface area contributed by atoms with Gasteiger partial charge in [0.05, 0.1) is 28.6 Å². The molecule has 2 aromatic rings. The van der Waals surface area contributed by atoms with Crippen LogP contribution in [0.4, 0.5) is 5.69 Å². The van der Waals surface area contributed by atoms with Crippen molar-refractivity contribution in [1.82, 2.24) is 20.1 Å². The molecule has 8 heteroatoms. The first kappa shape index (κ1) is 18.3. The lowest BCUT2D eigenvalue weighted by Crippen LogP contribution is -2.43. The molecule has 0 aliphatic carbocycles. The molecular formula is C19H24ClN5O2. The molecule has 0 aromatic carbocycles. The lowest BCUT2D eigenvalue weighted by Gasteiger charge is -2.33. The van der Waals surface area contributed by atoms with E-state index in [9.17, 15) is 4.79 Å². The Morgan fingerprint density at radius 3 is 2.89 bits per heavy atom. The van der Waals surface area contributed by atoms with Gasteiger partial charge in [-0.1, -0.05) is 11.6 Å². The molecule has 7 nitrogen and oxygen atoms in total. The fourth-order valence-corrected chi connectivity index (χ4v) is 4.11. The lowest BCUT2D eigenvalue weighted by atomic mass is 9.98. The molecule has 2 aliphatic heterocycles. The highest BCUT2D eigenvalue weighted by atomic mass is 35.5. The summed E-state index contributed by atoms with van der Waals surface area (Å²) in [6.07, 6.45) is 5.85. The number of piperidine rings is 1. The van der Waals surface area contributed by atoms with Crippen molar-refractivity contribution in [2.45, 2.75) is 51.4 Å². The first-order valence-electron chi connectivity index (χ1n) is 9.41. The van der Waals surface area contributed by atoms with Crippen LogP contribution in [0.2, 0.25) is 5.02 Å². The zero-order valence-corrected chi connectivity index (χ0v) is 16.3. The SMILES string of the molecule is C[C@@H]1Cc2c(C(=O)N3CCC(Nc4ccncc4Cl)CC3)n[nH]c2[C@H](C)O1. The number of halogens is 1. The van der Waals surface area contributed by atoms with E-state index >= 15 is 0 Å². The molecule has 1 saturated heterocycles. The minimum absolute atomic E-state index is 0.00851. The number of carbonyl (C=O) groups is 1. The Morgan fingerprint density at radius 2 is 2.15 bits per heavy atom. The number of aromatic nitrogens is 3. The minimum atomic E-state index is -0.0575. The number of rotatable bonds is 3. The Morgan fingerprint density at radius 1 is 1.37 bits per heavy atom. The second-order valence-electron chi connectivity index (χ2n) is 7.32. The van der Waals surface area contributed by atoms with Gasteiger partial charge in [0.1, 0.15) is 0 Å². The summed E-state index contributed by atoms with van der Waals surface area (Å²) in [7, 11) is 0. The highest BCUT2D eigenvalue weighted by molar-refractivity contribution is 6.33. The maximum Gasteiger partial charge on any atom is 0.274 e. The van der Waals surface area contributed by atoms with Crippen molar-refractivity contribution in [1.29, 1.82) is 0 Å². The normalized spacial score (nSPS) is 23.1. The van der Waals surface area contributed by atoms with Crippen LogP contribution in [0.3, 0.4) is 0 Å².